The van der Waals surface area contributed by atoms with Crippen molar-refractivity contribution in [2.24, 2.45) is 5.73 Å². The molecule has 3 nitrogen and oxygen atoms in total. The van der Waals surface area contributed by atoms with E-state index in [0.29, 0.717) is 4.99 Å². The quantitative estimate of drug-likeness (QED) is 0.847. The molecule has 1 heterocycles. The second-order valence-electron chi connectivity index (χ2n) is 4.69. The average Bonchev–Trinajstić information content (AvgIpc) is 2.27. The molecule has 1 aliphatic rings. The van der Waals surface area contributed by atoms with Crippen LogP contribution in [-0.2, 0) is 4.74 Å². The zero-order valence-electron chi connectivity index (χ0n) is 10.5. The number of morpholine rings is 1. The molecule has 1 aromatic rings. The molecule has 1 aromatic carbocycles. The second kappa shape index (κ2) is 5.55. The topological polar surface area (TPSA) is 38.5 Å². The predicted octanol–water partition coefficient (Wildman–Crippen LogP) is 2.70. The highest BCUT2D eigenvalue weighted by molar-refractivity contribution is 9.10. The van der Waals surface area contributed by atoms with E-state index >= 15 is 0 Å². The van der Waals surface area contributed by atoms with Gasteiger partial charge in [0, 0.05) is 23.1 Å². The zero-order chi connectivity index (χ0) is 13.3. The Bertz CT molecular complexity index is 456. The van der Waals surface area contributed by atoms with Crippen molar-refractivity contribution in [3.8, 4) is 0 Å². The smallest absolute Gasteiger partial charge is 0.104 e. The van der Waals surface area contributed by atoms with Gasteiger partial charge in [0.2, 0.25) is 0 Å². The number of rotatable bonds is 2. The average molecular weight is 329 g/mol. The Labute approximate surface area is 121 Å². The van der Waals surface area contributed by atoms with E-state index in [1.165, 1.54) is 0 Å². The fraction of sp³-hybridized carbons (Fsp3) is 0.462. The minimum atomic E-state index is 0.246. The lowest BCUT2D eigenvalue weighted by Gasteiger charge is -2.37. The molecule has 2 N–H and O–H groups in total. The minimum Gasteiger partial charge on any atom is -0.389 e. The minimum absolute atomic E-state index is 0.246. The standard InChI is InChI=1S/C13H17BrN2OS/c1-8-6-16(7-9(2)17-8)12-4-3-10(13(15)18)5-11(12)14/h3-5,8-9H,6-7H2,1-2H3,(H2,15,18). The van der Waals surface area contributed by atoms with Crippen molar-refractivity contribution in [2.45, 2.75) is 26.1 Å². The Morgan fingerprint density at radius 1 is 1.39 bits per heavy atom. The largest absolute Gasteiger partial charge is 0.389 e. The number of nitrogens with two attached hydrogens (primary N) is 1. The number of ether oxygens (including phenoxy) is 1. The van der Waals surface area contributed by atoms with E-state index in [2.05, 4.69) is 40.7 Å². The number of hydrogen-bond acceptors (Lipinski definition) is 3. The Kier molecular flexibility index (Phi) is 4.25. The molecule has 98 valence electrons. The lowest BCUT2D eigenvalue weighted by Crippen LogP contribution is -2.45. The summed E-state index contributed by atoms with van der Waals surface area (Å²) >= 11 is 8.58. The summed E-state index contributed by atoms with van der Waals surface area (Å²) in [4.78, 5) is 2.75. The summed E-state index contributed by atoms with van der Waals surface area (Å²) < 4.78 is 6.76. The molecule has 5 heteroatoms. The summed E-state index contributed by atoms with van der Waals surface area (Å²) in [5.74, 6) is 0. The number of nitrogens with zero attached hydrogens (tertiary/aromatic N) is 1. The van der Waals surface area contributed by atoms with Gasteiger partial charge in [-0.3, -0.25) is 0 Å². The molecular weight excluding hydrogens is 312 g/mol. The molecule has 0 radical (unpaired) electrons. The van der Waals surface area contributed by atoms with Crippen LogP contribution >= 0.6 is 28.1 Å². The van der Waals surface area contributed by atoms with Crippen LogP contribution in [0, 0.1) is 0 Å². The van der Waals surface area contributed by atoms with Gasteiger partial charge >= 0.3 is 0 Å². The Hall–Kier alpha value is -0.650. The third kappa shape index (κ3) is 3.02. The van der Waals surface area contributed by atoms with E-state index in [9.17, 15) is 0 Å². The Morgan fingerprint density at radius 3 is 2.50 bits per heavy atom. The third-order valence-electron chi connectivity index (χ3n) is 2.99. The van der Waals surface area contributed by atoms with Gasteiger partial charge in [0.05, 0.1) is 17.9 Å². The summed E-state index contributed by atoms with van der Waals surface area (Å²) in [6, 6.07) is 6.00. The number of benzene rings is 1. The van der Waals surface area contributed by atoms with Crippen molar-refractivity contribution in [1.82, 2.24) is 0 Å². The zero-order valence-corrected chi connectivity index (χ0v) is 12.9. The third-order valence-corrected chi connectivity index (χ3v) is 3.86. The maximum absolute atomic E-state index is 5.74. The van der Waals surface area contributed by atoms with Crippen molar-refractivity contribution >= 4 is 38.8 Å². The summed E-state index contributed by atoms with van der Waals surface area (Å²) in [6.07, 6.45) is 0.492. The maximum Gasteiger partial charge on any atom is 0.104 e. The van der Waals surface area contributed by atoms with Crippen LogP contribution in [0.2, 0.25) is 0 Å². The summed E-state index contributed by atoms with van der Waals surface area (Å²) in [5.41, 5.74) is 7.68. The maximum atomic E-state index is 5.74. The van der Waals surface area contributed by atoms with Crippen molar-refractivity contribution < 1.29 is 4.74 Å². The summed E-state index contributed by atoms with van der Waals surface area (Å²) in [5, 5.41) is 0. The molecule has 0 bridgehead atoms. The van der Waals surface area contributed by atoms with Crippen LogP contribution in [-0.4, -0.2) is 30.3 Å². The number of thiocarbonyl (C=S) groups is 1. The van der Waals surface area contributed by atoms with Gasteiger partial charge in [-0.1, -0.05) is 12.2 Å². The summed E-state index contributed by atoms with van der Waals surface area (Å²) in [6.45, 7) is 5.99. The normalized spacial score (nSPS) is 24.1. The van der Waals surface area contributed by atoms with Crippen molar-refractivity contribution in [2.75, 3.05) is 18.0 Å². The van der Waals surface area contributed by atoms with Crippen LogP contribution in [0.15, 0.2) is 22.7 Å². The van der Waals surface area contributed by atoms with Gasteiger partial charge in [0.15, 0.2) is 0 Å². The molecule has 0 aromatic heterocycles. The number of anilines is 1. The second-order valence-corrected chi connectivity index (χ2v) is 5.99. The highest BCUT2D eigenvalue weighted by Gasteiger charge is 2.23. The first-order valence-electron chi connectivity index (χ1n) is 5.97. The molecular formula is C13H17BrN2OS. The van der Waals surface area contributed by atoms with Crippen molar-refractivity contribution in [3.05, 3.63) is 28.2 Å². The van der Waals surface area contributed by atoms with Gasteiger partial charge in [-0.15, -0.1) is 0 Å². The molecule has 0 aliphatic carbocycles. The van der Waals surface area contributed by atoms with Crippen LogP contribution in [0.25, 0.3) is 0 Å². The first-order valence-corrected chi connectivity index (χ1v) is 7.17. The van der Waals surface area contributed by atoms with Gasteiger partial charge in [-0.05, 0) is 48.0 Å². The number of hydrogen-bond donors (Lipinski definition) is 1. The highest BCUT2D eigenvalue weighted by atomic mass is 79.9. The van der Waals surface area contributed by atoms with Gasteiger partial charge < -0.3 is 15.4 Å². The van der Waals surface area contributed by atoms with Crippen LogP contribution in [0.4, 0.5) is 5.69 Å². The predicted molar refractivity (Wildman–Crippen MR) is 82.3 cm³/mol. The van der Waals surface area contributed by atoms with Crippen molar-refractivity contribution in [3.63, 3.8) is 0 Å². The fourth-order valence-electron chi connectivity index (χ4n) is 2.29. The monoisotopic (exact) mass is 328 g/mol. The van der Waals surface area contributed by atoms with Crippen LogP contribution in [0.1, 0.15) is 19.4 Å². The van der Waals surface area contributed by atoms with E-state index < -0.39 is 0 Å². The SMILES string of the molecule is CC1CN(c2ccc(C(N)=S)cc2Br)CC(C)O1. The lowest BCUT2D eigenvalue weighted by atomic mass is 10.1. The van der Waals surface area contributed by atoms with Gasteiger partial charge in [0.1, 0.15) is 4.99 Å². The molecule has 2 unspecified atom stereocenters. The van der Waals surface area contributed by atoms with Gasteiger partial charge in [-0.25, -0.2) is 0 Å². The van der Waals surface area contributed by atoms with Crippen LogP contribution < -0.4 is 10.6 Å². The molecule has 0 saturated carbocycles. The van der Waals surface area contributed by atoms with Gasteiger partial charge in [0.25, 0.3) is 0 Å². The highest BCUT2D eigenvalue weighted by Crippen LogP contribution is 2.29. The molecule has 1 saturated heterocycles. The Balaban J connectivity index is 2.25. The fourth-order valence-corrected chi connectivity index (χ4v) is 3.05. The van der Waals surface area contributed by atoms with Crippen LogP contribution in [0.5, 0.6) is 0 Å². The van der Waals surface area contributed by atoms with E-state index in [-0.39, 0.29) is 12.2 Å². The van der Waals surface area contributed by atoms with E-state index in [0.717, 1.165) is 28.8 Å². The van der Waals surface area contributed by atoms with Gasteiger partial charge in [-0.2, -0.15) is 0 Å². The molecule has 0 spiro atoms. The summed E-state index contributed by atoms with van der Waals surface area (Å²) in [7, 11) is 0. The lowest BCUT2D eigenvalue weighted by molar-refractivity contribution is -0.00525. The van der Waals surface area contributed by atoms with Crippen LogP contribution in [0.3, 0.4) is 0 Å². The van der Waals surface area contributed by atoms with E-state index in [1.54, 1.807) is 0 Å². The molecule has 2 rings (SSSR count). The molecule has 1 aliphatic heterocycles. The van der Waals surface area contributed by atoms with E-state index in [1.807, 2.05) is 12.1 Å². The molecule has 2 atom stereocenters. The molecule has 1 fully saturated rings. The Morgan fingerprint density at radius 2 is 2.00 bits per heavy atom. The molecule has 0 amide bonds. The first kappa shape index (κ1) is 13.8. The number of halogens is 1. The molecule has 18 heavy (non-hydrogen) atoms. The van der Waals surface area contributed by atoms with E-state index in [4.69, 9.17) is 22.7 Å². The van der Waals surface area contributed by atoms with Crippen molar-refractivity contribution in [1.29, 1.82) is 0 Å². The first-order chi connectivity index (χ1) is 8.47.